The second-order valence-electron chi connectivity index (χ2n) is 2.76. The number of hydrogen-bond acceptors (Lipinski definition) is 3. The molecule has 0 saturated heterocycles. The Labute approximate surface area is 81.0 Å². The van der Waals surface area contributed by atoms with Crippen LogP contribution in [0.25, 0.3) is 0 Å². The van der Waals surface area contributed by atoms with Crippen LogP contribution in [0.1, 0.15) is 0 Å². The van der Waals surface area contributed by atoms with E-state index in [9.17, 15) is 0 Å². The Balaban J connectivity index is 2.15. The minimum absolute atomic E-state index is 0.788. The Morgan fingerprint density at radius 1 is 1.00 bits per heavy atom. The first kappa shape index (κ1) is 8.13. The predicted molar refractivity (Wildman–Crippen MR) is 58.5 cm³/mol. The first-order valence-electron chi connectivity index (χ1n) is 3.99. The summed E-state index contributed by atoms with van der Waals surface area (Å²) in [6.45, 7) is 0. The lowest BCUT2D eigenvalue weighted by Crippen LogP contribution is -1.88. The van der Waals surface area contributed by atoms with Gasteiger partial charge >= 0.3 is 0 Å². The molecule has 0 saturated carbocycles. The Morgan fingerprint density at radius 3 is 2.38 bits per heavy atom. The molecule has 66 valence electrons. The molecular weight excluding hydrogens is 180 g/mol. The van der Waals surface area contributed by atoms with Gasteiger partial charge in [-0.05, 0) is 35.7 Å². The summed E-state index contributed by atoms with van der Waals surface area (Å²) >= 11 is 1.67. The molecule has 13 heavy (non-hydrogen) atoms. The molecular formula is C10H10N2S. The molecule has 2 rings (SSSR count). The number of hydrogen-bond donors (Lipinski definition) is 2. The molecule has 0 bridgehead atoms. The van der Waals surface area contributed by atoms with Crippen molar-refractivity contribution in [3.05, 3.63) is 41.1 Å². The zero-order chi connectivity index (χ0) is 9.10. The van der Waals surface area contributed by atoms with Gasteiger partial charge in [-0.1, -0.05) is 0 Å². The standard InChI is InChI=1S/C10H10N2S/c11-8-1-3-9(4-2-8)12-10-5-6-13-7-10/h1-7,12H,11H2. The largest absolute Gasteiger partial charge is 0.399 e. The number of thiophene rings is 1. The first-order valence-corrected chi connectivity index (χ1v) is 4.93. The Morgan fingerprint density at radius 2 is 1.77 bits per heavy atom. The van der Waals surface area contributed by atoms with Gasteiger partial charge < -0.3 is 11.1 Å². The molecule has 0 radical (unpaired) electrons. The van der Waals surface area contributed by atoms with E-state index in [0.29, 0.717) is 0 Å². The fourth-order valence-corrected chi connectivity index (χ4v) is 1.66. The van der Waals surface area contributed by atoms with Crippen LogP contribution in [-0.4, -0.2) is 0 Å². The Bertz CT molecular complexity index is 364. The normalized spacial score (nSPS) is 9.85. The van der Waals surface area contributed by atoms with Crippen molar-refractivity contribution >= 4 is 28.4 Å². The topological polar surface area (TPSA) is 38.0 Å². The lowest BCUT2D eigenvalue weighted by molar-refractivity contribution is 1.58. The molecule has 0 aliphatic heterocycles. The third-order valence-electron chi connectivity index (χ3n) is 1.72. The van der Waals surface area contributed by atoms with Crippen LogP contribution in [0.2, 0.25) is 0 Å². The molecule has 2 nitrogen and oxygen atoms in total. The van der Waals surface area contributed by atoms with Crippen LogP contribution in [0.15, 0.2) is 41.1 Å². The van der Waals surface area contributed by atoms with E-state index in [-0.39, 0.29) is 0 Å². The third kappa shape index (κ3) is 2.00. The summed E-state index contributed by atoms with van der Waals surface area (Å²) in [5.74, 6) is 0. The quantitative estimate of drug-likeness (QED) is 0.714. The van der Waals surface area contributed by atoms with E-state index in [1.165, 1.54) is 0 Å². The van der Waals surface area contributed by atoms with E-state index in [1.54, 1.807) is 11.3 Å². The van der Waals surface area contributed by atoms with Gasteiger partial charge in [0.2, 0.25) is 0 Å². The maximum Gasteiger partial charge on any atom is 0.0492 e. The summed E-state index contributed by atoms with van der Waals surface area (Å²) in [7, 11) is 0. The van der Waals surface area contributed by atoms with Crippen LogP contribution < -0.4 is 11.1 Å². The third-order valence-corrected chi connectivity index (χ3v) is 2.40. The van der Waals surface area contributed by atoms with Crippen LogP contribution in [0, 0.1) is 0 Å². The van der Waals surface area contributed by atoms with E-state index in [2.05, 4.69) is 10.7 Å². The summed E-state index contributed by atoms with van der Waals surface area (Å²) in [6, 6.07) is 9.74. The van der Waals surface area contributed by atoms with Crippen LogP contribution in [0.3, 0.4) is 0 Å². The second kappa shape index (κ2) is 3.49. The van der Waals surface area contributed by atoms with Crippen molar-refractivity contribution < 1.29 is 0 Å². The van der Waals surface area contributed by atoms with Gasteiger partial charge in [-0.3, -0.25) is 0 Å². The highest BCUT2D eigenvalue weighted by molar-refractivity contribution is 7.08. The van der Waals surface area contributed by atoms with Gasteiger partial charge in [0, 0.05) is 22.4 Å². The van der Waals surface area contributed by atoms with Gasteiger partial charge in [0.1, 0.15) is 0 Å². The highest BCUT2D eigenvalue weighted by atomic mass is 32.1. The van der Waals surface area contributed by atoms with E-state index < -0.39 is 0 Å². The first-order chi connectivity index (χ1) is 6.34. The smallest absolute Gasteiger partial charge is 0.0492 e. The summed E-state index contributed by atoms with van der Waals surface area (Å²) in [5.41, 5.74) is 8.54. The second-order valence-corrected chi connectivity index (χ2v) is 3.54. The van der Waals surface area contributed by atoms with Crippen molar-refractivity contribution in [2.45, 2.75) is 0 Å². The number of benzene rings is 1. The van der Waals surface area contributed by atoms with Gasteiger partial charge in [-0.15, -0.1) is 0 Å². The number of nitrogen functional groups attached to an aromatic ring is 1. The summed E-state index contributed by atoms with van der Waals surface area (Å²) in [5, 5.41) is 7.37. The predicted octanol–water partition coefficient (Wildman–Crippen LogP) is 3.07. The van der Waals surface area contributed by atoms with Crippen LogP contribution in [0.4, 0.5) is 17.1 Å². The summed E-state index contributed by atoms with van der Waals surface area (Å²) in [4.78, 5) is 0. The molecule has 1 aromatic carbocycles. The van der Waals surface area contributed by atoms with E-state index >= 15 is 0 Å². The Hall–Kier alpha value is -1.48. The molecule has 2 aromatic rings. The molecule has 0 amide bonds. The average molecular weight is 190 g/mol. The number of rotatable bonds is 2. The van der Waals surface area contributed by atoms with E-state index in [1.807, 2.05) is 35.7 Å². The van der Waals surface area contributed by atoms with Gasteiger partial charge in [-0.25, -0.2) is 0 Å². The van der Waals surface area contributed by atoms with Gasteiger partial charge in [0.05, 0.1) is 0 Å². The molecule has 3 N–H and O–H groups in total. The highest BCUT2D eigenvalue weighted by Crippen LogP contribution is 2.19. The molecule has 3 heteroatoms. The zero-order valence-corrected chi connectivity index (χ0v) is 7.84. The SMILES string of the molecule is Nc1ccc(Nc2ccsc2)cc1. The van der Waals surface area contributed by atoms with Crippen LogP contribution >= 0.6 is 11.3 Å². The lowest BCUT2D eigenvalue weighted by atomic mass is 10.3. The maximum atomic E-state index is 5.57. The lowest BCUT2D eigenvalue weighted by Gasteiger charge is -2.03. The fourth-order valence-electron chi connectivity index (χ4n) is 1.07. The van der Waals surface area contributed by atoms with Crippen molar-refractivity contribution in [2.24, 2.45) is 0 Å². The van der Waals surface area contributed by atoms with Crippen molar-refractivity contribution in [3.63, 3.8) is 0 Å². The molecule has 0 atom stereocenters. The van der Waals surface area contributed by atoms with Crippen LogP contribution in [-0.2, 0) is 0 Å². The fraction of sp³-hybridized carbons (Fsp3) is 0. The minimum Gasteiger partial charge on any atom is -0.399 e. The Kier molecular flexibility index (Phi) is 2.19. The number of nitrogens with one attached hydrogen (secondary N) is 1. The van der Waals surface area contributed by atoms with Crippen molar-refractivity contribution in [1.82, 2.24) is 0 Å². The molecule has 1 heterocycles. The molecule has 0 fully saturated rings. The summed E-state index contributed by atoms with van der Waals surface area (Å²) < 4.78 is 0. The number of anilines is 3. The molecule has 0 aliphatic rings. The van der Waals surface area contributed by atoms with Crippen molar-refractivity contribution in [1.29, 1.82) is 0 Å². The average Bonchev–Trinajstić information content (AvgIpc) is 2.62. The maximum absolute atomic E-state index is 5.57. The van der Waals surface area contributed by atoms with Gasteiger partial charge in [0.25, 0.3) is 0 Å². The van der Waals surface area contributed by atoms with Crippen molar-refractivity contribution in [3.8, 4) is 0 Å². The van der Waals surface area contributed by atoms with E-state index in [0.717, 1.165) is 17.1 Å². The van der Waals surface area contributed by atoms with Gasteiger partial charge in [-0.2, -0.15) is 11.3 Å². The highest BCUT2D eigenvalue weighted by Gasteiger charge is 1.93. The van der Waals surface area contributed by atoms with E-state index in [4.69, 9.17) is 5.73 Å². The zero-order valence-electron chi connectivity index (χ0n) is 7.03. The minimum atomic E-state index is 0.788. The van der Waals surface area contributed by atoms with Gasteiger partial charge in [0.15, 0.2) is 0 Å². The molecule has 0 aliphatic carbocycles. The molecule has 0 spiro atoms. The molecule has 0 unspecified atom stereocenters. The number of nitrogens with two attached hydrogens (primary N) is 1. The molecule has 1 aromatic heterocycles. The summed E-state index contributed by atoms with van der Waals surface area (Å²) in [6.07, 6.45) is 0. The van der Waals surface area contributed by atoms with Crippen molar-refractivity contribution in [2.75, 3.05) is 11.1 Å². The monoisotopic (exact) mass is 190 g/mol. The van der Waals surface area contributed by atoms with Crippen LogP contribution in [0.5, 0.6) is 0 Å².